The van der Waals surface area contributed by atoms with Gasteiger partial charge in [-0.2, -0.15) is 0 Å². The third-order valence-electron chi connectivity index (χ3n) is 3.55. The van der Waals surface area contributed by atoms with Crippen LogP contribution in [0, 0.1) is 6.92 Å². The summed E-state index contributed by atoms with van der Waals surface area (Å²) in [5, 5.41) is 3.48. The number of rotatable bonds is 6. The molecule has 1 atom stereocenters. The van der Waals surface area contributed by atoms with E-state index in [-0.39, 0.29) is 6.04 Å². The Labute approximate surface area is 134 Å². The maximum atomic E-state index is 5.94. The summed E-state index contributed by atoms with van der Waals surface area (Å²) >= 11 is 3.61. The summed E-state index contributed by atoms with van der Waals surface area (Å²) in [6.45, 7) is 7.09. The summed E-state index contributed by atoms with van der Waals surface area (Å²) in [4.78, 5) is 0. The van der Waals surface area contributed by atoms with E-state index in [0.717, 1.165) is 45.8 Å². The number of methoxy groups -OCH3 is 1. The van der Waals surface area contributed by atoms with E-state index in [2.05, 4.69) is 48.1 Å². The first-order valence-corrected chi connectivity index (χ1v) is 8.06. The van der Waals surface area contributed by atoms with Gasteiger partial charge in [-0.3, -0.25) is 0 Å². The van der Waals surface area contributed by atoms with Crippen molar-refractivity contribution < 1.29 is 9.15 Å². The van der Waals surface area contributed by atoms with E-state index in [4.69, 9.17) is 9.15 Å². The Morgan fingerprint density at radius 1 is 1.29 bits per heavy atom. The fourth-order valence-corrected chi connectivity index (χ4v) is 2.74. The van der Waals surface area contributed by atoms with Crippen molar-refractivity contribution in [2.75, 3.05) is 13.7 Å². The molecule has 0 saturated carbocycles. The molecule has 21 heavy (non-hydrogen) atoms. The Hall–Kier alpha value is -1.26. The molecule has 0 spiro atoms. The third kappa shape index (κ3) is 3.50. The highest BCUT2D eigenvalue weighted by Gasteiger charge is 2.21. The molecule has 0 amide bonds. The van der Waals surface area contributed by atoms with Crippen LogP contribution in [0.4, 0.5) is 0 Å². The van der Waals surface area contributed by atoms with Crippen molar-refractivity contribution in [2.45, 2.75) is 33.2 Å². The number of hydrogen-bond donors (Lipinski definition) is 1. The van der Waals surface area contributed by atoms with Crippen molar-refractivity contribution in [3.05, 3.63) is 51.4 Å². The summed E-state index contributed by atoms with van der Waals surface area (Å²) in [6.07, 6.45) is 0.896. The van der Waals surface area contributed by atoms with Crippen LogP contribution in [0.15, 0.2) is 33.2 Å². The SMILES string of the molecule is CCNC(c1ccc(CC)o1)c1cc(Br)c(C)cc1OC. The Morgan fingerprint density at radius 3 is 2.62 bits per heavy atom. The van der Waals surface area contributed by atoms with Crippen LogP contribution in [0.5, 0.6) is 5.75 Å². The molecule has 114 valence electrons. The van der Waals surface area contributed by atoms with Crippen molar-refractivity contribution in [3.8, 4) is 5.75 Å². The van der Waals surface area contributed by atoms with E-state index >= 15 is 0 Å². The number of hydrogen-bond acceptors (Lipinski definition) is 3. The minimum absolute atomic E-state index is 0.0119. The Morgan fingerprint density at radius 2 is 2.05 bits per heavy atom. The molecule has 4 heteroatoms. The fourth-order valence-electron chi connectivity index (χ4n) is 2.38. The van der Waals surface area contributed by atoms with Gasteiger partial charge in [-0.15, -0.1) is 0 Å². The van der Waals surface area contributed by atoms with Gasteiger partial charge < -0.3 is 14.5 Å². The minimum Gasteiger partial charge on any atom is -0.496 e. The van der Waals surface area contributed by atoms with E-state index in [1.807, 2.05) is 18.2 Å². The van der Waals surface area contributed by atoms with Crippen molar-refractivity contribution in [1.82, 2.24) is 5.32 Å². The van der Waals surface area contributed by atoms with Gasteiger partial charge in [-0.25, -0.2) is 0 Å². The summed E-state index contributed by atoms with van der Waals surface area (Å²) in [5.74, 6) is 2.79. The van der Waals surface area contributed by atoms with Gasteiger partial charge in [-0.1, -0.05) is 29.8 Å². The fraction of sp³-hybridized carbons (Fsp3) is 0.412. The van der Waals surface area contributed by atoms with Crippen LogP contribution < -0.4 is 10.1 Å². The first-order chi connectivity index (χ1) is 10.1. The van der Waals surface area contributed by atoms with E-state index in [1.54, 1.807) is 7.11 Å². The number of benzene rings is 1. The molecular weight excluding hydrogens is 330 g/mol. The van der Waals surface area contributed by atoms with Gasteiger partial charge in [0.2, 0.25) is 0 Å². The highest BCUT2D eigenvalue weighted by atomic mass is 79.9. The zero-order chi connectivity index (χ0) is 15.4. The van der Waals surface area contributed by atoms with Crippen LogP contribution in [0.2, 0.25) is 0 Å². The first-order valence-electron chi connectivity index (χ1n) is 7.26. The van der Waals surface area contributed by atoms with Crippen LogP contribution in [0.25, 0.3) is 0 Å². The van der Waals surface area contributed by atoms with Gasteiger partial charge >= 0.3 is 0 Å². The van der Waals surface area contributed by atoms with E-state index < -0.39 is 0 Å². The summed E-state index contributed by atoms with van der Waals surface area (Å²) < 4.78 is 12.6. The van der Waals surface area contributed by atoms with Crippen molar-refractivity contribution in [2.24, 2.45) is 0 Å². The Bertz CT molecular complexity index is 607. The number of furan rings is 1. The van der Waals surface area contributed by atoms with E-state index in [9.17, 15) is 0 Å². The topological polar surface area (TPSA) is 34.4 Å². The normalized spacial score (nSPS) is 12.4. The van der Waals surface area contributed by atoms with Crippen molar-refractivity contribution >= 4 is 15.9 Å². The zero-order valence-corrected chi connectivity index (χ0v) is 14.6. The highest BCUT2D eigenvalue weighted by molar-refractivity contribution is 9.10. The molecule has 2 aromatic rings. The Kier molecular flexibility index (Phi) is 5.48. The van der Waals surface area contributed by atoms with Gasteiger partial charge in [0, 0.05) is 16.5 Å². The minimum atomic E-state index is -0.0119. The lowest BCUT2D eigenvalue weighted by atomic mass is 10.0. The molecule has 1 aromatic carbocycles. The standard InChI is InChI=1S/C17H22BrNO2/c1-5-12-7-8-15(21-12)17(19-6-2)13-10-14(18)11(3)9-16(13)20-4/h7-10,17,19H,5-6H2,1-4H3. The number of halogens is 1. The molecule has 0 aliphatic rings. The van der Waals surface area contributed by atoms with E-state index in [0.29, 0.717) is 0 Å². The smallest absolute Gasteiger partial charge is 0.125 e. The largest absolute Gasteiger partial charge is 0.496 e. The number of nitrogens with one attached hydrogen (secondary N) is 1. The van der Waals surface area contributed by atoms with Crippen LogP contribution in [-0.2, 0) is 6.42 Å². The maximum Gasteiger partial charge on any atom is 0.125 e. The molecule has 0 fully saturated rings. The zero-order valence-electron chi connectivity index (χ0n) is 13.0. The monoisotopic (exact) mass is 351 g/mol. The molecule has 0 saturated heterocycles. The second kappa shape index (κ2) is 7.14. The average molecular weight is 352 g/mol. The van der Waals surface area contributed by atoms with Gasteiger partial charge in [0.05, 0.1) is 13.2 Å². The molecule has 0 aliphatic heterocycles. The molecule has 2 rings (SSSR count). The summed E-state index contributed by atoms with van der Waals surface area (Å²) in [7, 11) is 1.70. The van der Waals surface area contributed by atoms with Crippen LogP contribution in [0.3, 0.4) is 0 Å². The average Bonchev–Trinajstić information content (AvgIpc) is 2.96. The Balaban J connectivity index is 2.49. The first kappa shape index (κ1) is 16.1. The maximum absolute atomic E-state index is 5.94. The lowest BCUT2D eigenvalue weighted by Gasteiger charge is -2.20. The quantitative estimate of drug-likeness (QED) is 0.824. The summed E-state index contributed by atoms with van der Waals surface area (Å²) in [6, 6.07) is 8.22. The van der Waals surface area contributed by atoms with Gasteiger partial charge in [0.25, 0.3) is 0 Å². The molecule has 1 aromatic heterocycles. The molecule has 1 N–H and O–H groups in total. The van der Waals surface area contributed by atoms with Crippen molar-refractivity contribution in [3.63, 3.8) is 0 Å². The molecule has 0 radical (unpaired) electrons. The van der Waals surface area contributed by atoms with Crippen LogP contribution in [-0.4, -0.2) is 13.7 Å². The summed E-state index contributed by atoms with van der Waals surface area (Å²) in [5.41, 5.74) is 2.23. The molecule has 3 nitrogen and oxygen atoms in total. The van der Waals surface area contributed by atoms with E-state index in [1.165, 1.54) is 0 Å². The van der Waals surface area contributed by atoms with Crippen LogP contribution >= 0.6 is 15.9 Å². The molecule has 0 bridgehead atoms. The highest BCUT2D eigenvalue weighted by Crippen LogP contribution is 2.35. The van der Waals surface area contributed by atoms with Crippen LogP contribution in [0.1, 0.15) is 42.5 Å². The number of aryl methyl sites for hydroxylation is 2. The van der Waals surface area contributed by atoms with Gasteiger partial charge in [-0.05, 0) is 43.3 Å². The van der Waals surface area contributed by atoms with Gasteiger partial charge in [0.15, 0.2) is 0 Å². The molecule has 1 unspecified atom stereocenters. The third-order valence-corrected chi connectivity index (χ3v) is 4.40. The second-order valence-electron chi connectivity index (χ2n) is 4.99. The van der Waals surface area contributed by atoms with Gasteiger partial charge in [0.1, 0.15) is 17.3 Å². The lowest BCUT2D eigenvalue weighted by molar-refractivity contribution is 0.388. The number of ether oxygens (including phenoxy) is 1. The lowest BCUT2D eigenvalue weighted by Crippen LogP contribution is -2.22. The molecule has 1 heterocycles. The molecule has 0 aliphatic carbocycles. The van der Waals surface area contributed by atoms with Crippen molar-refractivity contribution in [1.29, 1.82) is 0 Å². The predicted octanol–water partition coefficient (Wildman–Crippen LogP) is 4.62. The second-order valence-corrected chi connectivity index (χ2v) is 5.85. The predicted molar refractivity (Wildman–Crippen MR) is 89.0 cm³/mol. The molecular formula is C17H22BrNO2.